The predicted octanol–water partition coefficient (Wildman–Crippen LogP) is 2.47. The van der Waals surface area contributed by atoms with Gasteiger partial charge in [-0.15, -0.1) is 0 Å². The number of nitrogens with zero attached hydrogens (tertiary/aromatic N) is 2. The smallest absolute Gasteiger partial charge is 0.407 e. The number of alkyl carbamates (subject to hydrolysis) is 1. The fourth-order valence-electron chi connectivity index (χ4n) is 1.58. The highest BCUT2D eigenvalue weighted by atomic mass is 16.6. The van der Waals surface area contributed by atoms with Crippen molar-refractivity contribution in [2.75, 3.05) is 37.4 Å². The third kappa shape index (κ3) is 7.39. The van der Waals surface area contributed by atoms with Crippen LogP contribution in [-0.4, -0.2) is 43.9 Å². The van der Waals surface area contributed by atoms with E-state index in [0.717, 1.165) is 24.5 Å². The van der Waals surface area contributed by atoms with Crippen molar-refractivity contribution in [3.63, 3.8) is 0 Å². The van der Waals surface area contributed by atoms with E-state index in [9.17, 15) is 4.79 Å². The number of carbonyl (C=O) groups is 1. The summed E-state index contributed by atoms with van der Waals surface area (Å²) in [6.07, 6.45) is 2.24. The van der Waals surface area contributed by atoms with Crippen molar-refractivity contribution in [2.45, 2.75) is 32.8 Å². The Hall–Kier alpha value is -1.98. The average molecular weight is 294 g/mol. The quantitative estimate of drug-likeness (QED) is 0.789. The molecular formula is C15H26N4O2. The predicted molar refractivity (Wildman–Crippen MR) is 85.9 cm³/mol. The first-order valence-electron chi connectivity index (χ1n) is 7.12. The molecule has 0 spiro atoms. The number of anilines is 2. The Labute approximate surface area is 126 Å². The van der Waals surface area contributed by atoms with Crippen molar-refractivity contribution in [3.05, 3.63) is 18.3 Å². The van der Waals surface area contributed by atoms with Gasteiger partial charge in [0.25, 0.3) is 0 Å². The van der Waals surface area contributed by atoms with E-state index in [2.05, 4.69) is 15.6 Å². The molecule has 6 nitrogen and oxygen atoms in total. The molecular weight excluding hydrogens is 268 g/mol. The van der Waals surface area contributed by atoms with Crippen molar-refractivity contribution < 1.29 is 9.53 Å². The molecule has 1 heterocycles. The zero-order valence-corrected chi connectivity index (χ0v) is 13.6. The minimum Gasteiger partial charge on any atom is -0.444 e. The molecule has 1 aromatic heterocycles. The number of amides is 1. The second-order valence-corrected chi connectivity index (χ2v) is 6.01. The molecule has 6 heteroatoms. The van der Waals surface area contributed by atoms with Crippen LogP contribution < -0.4 is 15.5 Å². The summed E-state index contributed by atoms with van der Waals surface area (Å²) in [6, 6.07) is 3.95. The lowest BCUT2D eigenvalue weighted by atomic mass is 10.2. The number of aromatic nitrogens is 1. The van der Waals surface area contributed by atoms with Crippen LogP contribution in [-0.2, 0) is 4.74 Å². The van der Waals surface area contributed by atoms with Gasteiger partial charge in [-0.05, 0) is 39.3 Å². The molecule has 118 valence electrons. The molecule has 0 radical (unpaired) electrons. The molecule has 0 saturated carbocycles. The number of ether oxygens (including phenoxy) is 1. The van der Waals surface area contributed by atoms with Crippen LogP contribution in [0.2, 0.25) is 0 Å². The summed E-state index contributed by atoms with van der Waals surface area (Å²) in [4.78, 5) is 17.7. The van der Waals surface area contributed by atoms with E-state index in [0.29, 0.717) is 6.54 Å². The van der Waals surface area contributed by atoms with Crippen LogP contribution in [0.4, 0.5) is 16.3 Å². The third-order valence-corrected chi connectivity index (χ3v) is 2.56. The lowest BCUT2D eigenvalue weighted by Crippen LogP contribution is -2.33. The summed E-state index contributed by atoms with van der Waals surface area (Å²) in [6.45, 7) is 6.87. The van der Waals surface area contributed by atoms with Gasteiger partial charge in [0.15, 0.2) is 0 Å². The van der Waals surface area contributed by atoms with Crippen LogP contribution >= 0.6 is 0 Å². The zero-order chi connectivity index (χ0) is 15.9. The summed E-state index contributed by atoms with van der Waals surface area (Å²) >= 11 is 0. The Morgan fingerprint density at radius 1 is 1.29 bits per heavy atom. The summed E-state index contributed by atoms with van der Waals surface area (Å²) in [5.41, 5.74) is 0.514. The molecule has 0 aliphatic carbocycles. The van der Waals surface area contributed by atoms with E-state index < -0.39 is 5.60 Å². The highest BCUT2D eigenvalue weighted by molar-refractivity contribution is 5.67. The third-order valence-electron chi connectivity index (χ3n) is 2.56. The Morgan fingerprint density at radius 2 is 2.00 bits per heavy atom. The lowest BCUT2D eigenvalue weighted by Gasteiger charge is -2.19. The van der Waals surface area contributed by atoms with Crippen molar-refractivity contribution in [2.24, 2.45) is 0 Å². The van der Waals surface area contributed by atoms with Crippen molar-refractivity contribution in [1.29, 1.82) is 0 Å². The van der Waals surface area contributed by atoms with Crippen LogP contribution in [0.5, 0.6) is 0 Å². The summed E-state index contributed by atoms with van der Waals surface area (Å²) < 4.78 is 5.15. The molecule has 0 aliphatic rings. The number of hydrogen-bond donors (Lipinski definition) is 2. The highest BCUT2D eigenvalue weighted by Crippen LogP contribution is 2.11. The number of hydrogen-bond acceptors (Lipinski definition) is 5. The minimum atomic E-state index is -0.456. The van der Waals surface area contributed by atoms with E-state index in [1.807, 2.05) is 51.9 Å². The Morgan fingerprint density at radius 3 is 2.52 bits per heavy atom. The van der Waals surface area contributed by atoms with Gasteiger partial charge in [0, 0.05) is 27.2 Å². The molecule has 1 aromatic rings. The second kappa shape index (κ2) is 7.71. The zero-order valence-electron chi connectivity index (χ0n) is 13.6. The molecule has 1 rings (SSSR count). The molecule has 2 N–H and O–H groups in total. The molecule has 0 atom stereocenters. The van der Waals surface area contributed by atoms with Crippen LogP contribution in [0.15, 0.2) is 18.3 Å². The standard InChI is InChI=1S/C15H26N4O2/c1-15(2,3)21-14(20)17-10-6-9-16-12-7-8-13(18-11-12)19(4)5/h7-8,11,16H,6,9-10H2,1-5H3,(H,17,20). The van der Waals surface area contributed by atoms with Crippen molar-refractivity contribution in [3.8, 4) is 0 Å². The second-order valence-electron chi connectivity index (χ2n) is 6.01. The van der Waals surface area contributed by atoms with E-state index in [4.69, 9.17) is 4.74 Å². The highest BCUT2D eigenvalue weighted by Gasteiger charge is 2.15. The molecule has 0 aromatic carbocycles. The molecule has 0 fully saturated rings. The topological polar surface area (TPSA) is 66.5 Å². The van der Waals surface area contributed by atoms with Gasteiger partial charge >= 0.3 is 6.09 Å². The van der Waals surface area contributed by atoms with Crippen molar-refractivity contribution in [1.82, 2.24) is 10.3 Å². The Kier molecular flexibility index (Phi) is 6.27. The van der Waals surface area contributed by atoms with Gasteiger partial charge in [-0.2, -0.15) is 0 Å². The maximum Gasteiger partial charge on any atom is 0.407 e. The van der Waals surface area contributed by atoms with Crippen LogP contribution in [0, 0.1) is 0 Å². The van der Waals surface area contributed by atoms with Crippen LogP contribution in [0.25, 0.3) is 0 Å². The van der Waals surface area contributed by atoms with Gasteiger partial charge in [-0.1, -0.05) is 0 Å². The van der Waals surface area contributed by atoms with E-state index >= 15 is 0 Å². The van der Waals surface area contributed by atoms with E-state index in [1.165, 1.54) is 0 Å². The van der Waals surface area contributed by atoms with Gasteiger partial charge in [0.2, 0.25) is 0 Å². The van der Waals surface area contributed by atoms with Gasteiger partial charge < -0.3 is 20.3 Å². The van der Waals surface area contributed by atoms with Gasteiger partial charge in [-0.25, -0.2) is 9.78 Å². The summed E-state index contributed by atoms with van der Waals surface area (Å²) in [5.74, 6) is 0.923. The fourth-order valence-corrected chi connectivity index (χ4v) is 1.58. The van der Waals surface area contributed by atoms with Gasteiger partial charge in [0.1, 0.15) is 11.4 Å². The first kappa shape index (κ1) is 17.1. The van der Waals surface area contributed by atoms with E-state index in [1.54, 1.807) is 6.20 Å². The van der Waals surface area contributed by atoms with Crippen LogP contribution in [0.3, 0.4) is 0 Å². The maximum absolute atomic E-state index is 11.4. The summed E-state index contributed by atoms with van der Waals surface area (Å²) in [7, 11) is 3.91. The lowest BCUT2D eigenvalue weighted by molar-refractivity contribution is 0.0528. The maximum atomic E-state index is 11.4. The normalized spacial score (nSPS) is 10.9. The average Bonchev–Trinajstić information content (AvgIpc) is 2.36. The molecule has 0 unspecified atom stereocenters. The Balaban J connectivity index is 2.18. The Bertz CT molecular complexity index is 438. The fraction of sp³-hybridized carbons (Fsp3) is 0.600. The minimum absolute atomic E-state index is 0.375. The molecule has 21 heavy (non-hydrogen) atoms. The van der Waals surface area contributed by atoms with Crippen molar-refractivity contribution >= 4 is 17.6 Å². The molecule has 1 amide bonds. The SMILES string of the molecule is CN(C)c1ccc(NCCCNC(=O)OC(C)(C)C)cn1. The number of nitrogens with one attached hydrogen (secondary N) is 2. The first-order valence-corrected chi connectivity index (χ1v) is 7.12. The number of carbonyl (C=O) groups excluding carboxylic acids is 1. The largest absolute Gasteiger partial charge is 0.444 e. The number of pyridine rings is 1. The molecule has 0 aliphatic heterocycles. The van der Waals surface area contributed by atoms with E-state index in [-0.39, 0.29) is 6.09 Å². The molecule has 0 bridgehead atoms. The first-order chi connectivity index (χ1) is 9.78. The summed E-state index contributed by atoms with van der Waals surface area (Å²) in [5, 5.41) is 5.99. The monoisotopic (exact) mass is 294 g/mol. The van der Waals surface area contributed by atoms with Crippen LogP contribution in [0.1, 0.15) is 27.2 Å². The molecule has 0 saturated heterocycles. The number of rotatable bonds is 6. The van der Waals surface area contributed by atoms with Gasteiger partial charge in [0.05, 0.1) is 11.9 Å². The van der Waals surface area contributed by atoms with Gasteiger partial charge in [-0.3, -0.25) is 0 Å².